The van der Waals surface area contributed by atoms with Crippen molar-refractivity contribution in [1.82, 2.24) is 0 Å². The number of aliphatic hydroxyl groups is 1. The number of benzene rings is 1. The molecule has 1 aromatic rings. The highest BCUT2D eigenvalue weighted by molar-refractivity contribution is 9.10. The van der Waals surface area contributed by atoms with Gasteiger partial charge in [-0.25, -0.2) is 8.78 Å². The summed E-state index contributed by atoms with van der Waals surface area (Å²) >= 11 is 3.00. The lowest BCUT2D eigenvalue weighted by Crippen LogP contribution is -2.26. The number of carbonyl (C=O) groups excluding carboxylic acids is 1. The van der Waals surface area contributed by atoms with Crippen molar-refractivity contribution in [1.29, 1.82) is 0 Å². The molecule has 1 unspecified atom stereocenters. The molecule has 16 heavy (non-hydrogen) atoms. The van der Waals surface area contributed by atoms with Gasteiger partial charge < -0.3 is 10.0 Å². The maximum atomic E-state index is 13.5. The fourth-order valence-corrected chi connectivity index (χ4v) is 2.32. The molecule has 1 N–H and O–H groups in total. The van der Waals surface area contributed by atoms with Crippen LogP contribution in [0.2, 0.25) is 0 Å². The van der Waals surface area contributed by atoms with Gasteiger partial charge in [0.2, 0.25) is 5.91 Å². The van der Waals surface area contributed by atoms with E-state index in [4.69, 9.17) is 0 Å². The zero-order valence-corrected chi connectivity index (χ0v) is 9.67. The van der Waals surface area contributed by atoms with Crippen LogP contribution in [0.15, 0.2) is 16.6 Å². The highest BCUT2D eigenvalue weighted by Crippen LogP contribution is 2.33. The number of aliphatic hydroxyl groups excluding tert-OH is 1. The van der Waals surface area contributed by atoms with Crippen LogP contribution in [0.5, 0.6) is 0 Å². The Bertz CT molecular complexity index is 429. The summed E-state index contributed by atoms with van der Waals surface area (Å²) in [5.41, 5.74) is -0.0250. The van der Waals surface area contributed by atoms with Crippen molar-refractivity contribution in [2.75, 3.05) is 11.4 Å². The minimum Gasteiger partial charge on any atom is -0.391 e. The van der Waals surface area contributed by atoms with Crippen LogP contribution in [0.1, 0.15) is 6.42 Å². The number of hydrogen-bond donors (Lipinski definition) is 1. The van der Waals surface area contributed by atoms with Crippen molar-refractivity contribution in [3.8, 4) is 0 Å². The third-order valence-corrected chi connectivity index (χ3v) is 2.96. The van der Waals surface area contributed by atoms with Crippen LogP contribution in [-0.4, -0.2) is 23.7 Å². The van der Waals surface area contributed by atoms with Crippen molar-refractivity contribution in [3.05, 3.63) is 28.2 Å². The highest BCUT2D eigenvalue weighted by atomic mass is 79.9. The molecule has 1 saturated heterocycles. The molecular weight excluding hydrogens is 284 g/mol. The van der Waals surface area contributed by atoms with Gasteiger partial charge in [0.1, 0.15) is 5.82 Å². The number of carbonyl (C=O) groups is 1. The van der Waals surface area contributed by atoms with E-state index in [2.05, 4.69) is 15.9 Å². The van der Waals surface area contributed by atoms with Gasteiger partial charge in [-0.2, -0.15) is 0 Å². The highest BCUT2D eigenvalue weighted by Gasteiger charge is 2.32. The first-order valence-corrected chi connectivity index (χ1v) is 5.41. The predicted octanol–water partition coefficient (Wildman–Crippen LogP) is 1.82. The molecule has 1 amide bonds. The molecule has 6 heteroatoms. The molecule has 0 spiro atoms. The van der Waals surface area contributed by atoms with E-state index >= 15 is 0 Å². The molecule has 1 aromatic carbocycles. The van der Waals surface area contributed by atoms with Gasteiger partial charge >= 0.3 is 0 Å². The monoisotopic (exact) mass is 291 g/mol. The summed E-state index contributed by atoms with van der Waals surface area (Å²) in [6, 6.07) is 1.79. The second-order valence-corrected chi connectivity index (χ2v) is 4.43. The van der Waals surface area contributed by atoms with Crippen LogP contribution in [0.3, 0.4) is 0 Å². The Labute approximate surface area is 98.8 Å². The van der Waals surface area contributed by atoms with Crippen molar-refractivity contribution in [3.63, 3.8) is 0 Å². The maximum absolute atomic E-state index is 13.5. The van der Waals surface area contributed by atoms with E-state index in [9.17, 15) is 18.7 Å². The fourth-order valence-electron chi connectivity index (χ4n) is 1.70. The molecule has 86 valence electrons. The lowest BCUT2D eigenvalue weighted by molar-refractivity contribution is -0.117. The zero-order chi connectivity index (χ0) is 11.9. The summed E-state index contributed by atoms with van der Waals surface area (Å²) in [6.07, 6.45) is -0.840. The number of rotatable bonds is 1. The van der Waals surface area contributed by atoms with E-state index < -0.39 is 17.7 Å². The molecule has 0 bridgehead atoms. The lowest BCUT2D eigenvalue weighted by atomic mass is 10.2. The predicted molar refractivity (Wildman–Crippen MR) is 57.0 cm³/mol. The van der Waals surface area contributed by atoms with Gasteiger partial charge in [0, 0.05) is 10.5 Å². The second-order valence-electron chi connectivity index (χ2n) is 3.58. The van der Waals surface area contributed by atoms with E-state index in [-0.39, 0.29) is 29.0 Å². The van der Waals surface area contributed by atoms with Crippen LogP contribution < -0.4 is 4.90 Å². The Kier molecular flexibility index (Phi) is 2.94. The SMILES string of the molecule is O=C1CC(O)CN1c1c(F)cc(F)cc1Br. The first-order chi connectivity index (χ1) is 7.49. The summed E-state index contributed by atoms with van der Waals surface area (Å²) < 4.78 is 26.5. The van der Waals surface area contributed by atoms with E-state index in [1.54, 1.807) is 0 Å². The number of β-amino-alcohol motifs (C(OH)–C–C–N with tert-alkyl or cyclic N) is 1. The van der Waals surface area contributed by atoms with Crippen molar-refractivity contribution in [2.24, 2.45) is 0 Å². The fraction of sp³-hybridized carbons (Fsp3) is 0.300. The number of nitrogens with zero attached hydrogens (tertiary/aromatic N) is 1. The lowest BCUT2D eigenvalue weighted by Gasteiger charge is -2.18. The largest absolute Gasteiger partial charge is 0.391 e. The van der Waals surface area contributed by atoms with Gasteiger partial charge in [0.25, 0.3) is 0 Å². The minimum absolute atomic E-state index is 0.0250. The summed E-state index contributed by atoms with van der Waals surface area (Å²) in [6.45, 7) is 0.0278. The minimum atomic E-state index is -0.825. The average Bonchev–Trinajstić information content (AvgIpc) is 2.43. The molecule has 1 fully saturated rings. The molecule has 0 aliphatic carbocycles. The van der Waals surface area contributed by atoms with Gasteiger partial charge in [-0.15, -0.1) is 0 Å². The zero-order valence-electron chi connectivity index (χ0n) is 8.08. The van der Waals surface area contributed by atoms with Crippen LogP contribution in [0.4, 0.5) is 14.5 Å². The second kappa shape index (κ2) is 4.10. The van der Waals surface area contributed by atoms with E-state index in [1.807, 2.05) is 0 Å². The van der Waals surface area contributed by atoms with E-state index in [0.29, 0.717) is 6.07 Å². The molecule has 1 aliphatic rings. The molecular formula is C10H8BrF2NO2. The molecule has 0 radical (unpaired) electrons. The molecule has 3 nitrogen and oxygen atoms in total. The Morgan fingerprint density at radius 2 is 2.12 bits per heavy atom. The van der Waals surface area contributed by atoms with Gasteiger partial charge in [0.05, 0.1) is 24.8 Å². The number of halogens is 3. The molecule has 0 aromatic heterocycles. The Morgan fingerprint density at radius 1 is 1.44 bits per heavy atom. The van der Waals surface area contributed by atoms with Crippen LogP contribution in [0, 0.1) is 11.6 Å². The molecule has 2 rings (SSSR count). The Hall–Kier alpha value is -1.01. The third kappa shape index (κ3) is 1.94. The van der Waals surface area contributed by atoms with Gasteiger partial charge in [-0.1, -0.05) is 0 Å². The van der Waals surface area contributed by atoms with Crippen LogP contribution in [0.25, 0.3) is 0 Å². The maximum Gasteiger partial charge on any atom is 0.229 e. The van der Waals surface area contributed by atoms with E-state index in [0.717, 1.165) is 11.0 Å². The number of anilines is 1. The number of hydrogen-bond acceptors (Lipinski definition) is 2. The van der Waals surface area contributed by atoms with Crippen LogP contribution >= 0.6 is 15.9 Å². The van der Waals surface area contributed by atoms with Gasteiger partial charge in [-0.3, -0.25) is 4.79 Å². The summed E-state index contributed by atoms with van der Waals surface area (Å²) in [7, 11) is 0. The summed E-state index contributed by atoms with van der Waals surface area (Å²) in [4.78, 5) is 12.6. The summed E-state index contributed by atoms with van der Waals surface area (Å²) in [5, 5.41) is 9.29. The Morgan fingerprint density at radius 3 is 2.62 bits per heavy atom. The smallest absolute Gasteiger partial charge is 0.229 e. The normalized spacial score (nSPS) is 20.6. The molecule has 1 atom stereocenters. The molecule has 1 heterocycles. The molecule has 0 saturated carbocycles. The van der Waals surface area contributed by atoms with Gasteiger partial charge in [-0.05, 0) is 22.0 Å². The van der Waals surface area contributed by atoms with Crippen LogP contribution in [-0.2, 0) is 4.79 Å². The summed E-state index contributed by atoms with van der Waals surface area (Å²) in [5.74, 6) is -1.92. The third-order valence-electron chi connectivity index (χ3n) is 2.36. The topological polar surface area (TPSA) is 40.5 Å². The molecule has 1 aliphatic heterocycles. The Balaban J connectivity index is 2.44. The first kappa shape index (κ1) is 11.5. The standard InChI is InChI=1S/C10H8BrF2NO2/c11-7-1-5(12)2-8(13)10(7)14-4-6(15)3-9(14)16/h1-2,6,15H,3-4H2. The average molecular weight is 292 g/mol. The first-order valence-electron chi connectivity index (χ1n) is 4.62. The van der Waals surface area contributed by atoms with E-state index in [1.165, 1.54) is 0 Å². The van der Waals surface area contributed by atoms with Gasteiger partial charge in [0.15, 0.2) is 5.82 Å². The van der Waals surface area contributed by atoms with Crippen molar-refractivity contribution < 1.29 is 18.7 Å². The van der Waals surface area contributed by atoms with Crippen molar-refractivity contribution >= 4 is 27.5 Å². The quantitative estimate of drug-likeness (QED) is 0.858. The number of amides is 1. The van der Waals surface area contributed by atoms with Crippen molar-refractivity contribution in [2.45, 2.75) is 12.5 Å².